The van der Waals surface area contributed by atoms with Gasteiger partial charge in [-0.1, -0.05) is 19.9 Å². The smallest absolute Gasteiger partial charge is 0.341 e. The molecule has 0 aliphatic heterocycles. The van der Waals surface area contributed by atoms with Crippen molar-refractivity contribution < 1.29 is 14.3 Å². The molecule has 0 aromatic carbocycles. The van der Waals surface area contributed by atoms with Gasteiger partial charge in [-0.2, -0.15) is 0 Å². The van der Waals surface area contributed by atoms with Gasteiger partial charge in [0.2, 0.25) is 0 Å². The van der Waals surface area contributed by atoms with Crippen LogP contribution in [-0.4, -0.2) is 18.4 Å². The Morgan fingerprint density at radius 2 is 1.86 bits per heavy atom. The Kier molecular flexibility index (Phi) is 6.72. The van der Waals surface area contributed by atoms with E-state index in [1.54, 1.807) is 13.0 Å². The molecule has 0 spiro atoms. The second kappa shape index (κ2) is 7.30. The lowest BCUT2D eigenvalue weighted by atomic mass is 10.1. The number of esters is 1. The highest BCUT2D eigenvalue weighted by Crippen LogP contribution is 2.06. The fraction of sp³-hybridized carbons (Fsp3) is 0.636. The van der Waals surface area contributed by atoms with Crippen LogP contribution in [0.4, 0.5) is 0 Å². The molecule has 0 radical (unpaired) electrons. The fourth-order valence-electron chi connectivity index (χ4n) is 1.09. The lowest BCUT2D eigenvalue weighted by Crippen LogP contribution is -2.15. The summed E-state index contributed by atoms with van der Waals surface area (Å²) in [7, 11) is 0. The van der Waals surface area contributed by atoms with Crippen molar-refractivity contribution in [1.29, 1.82) is 0 Å². The van der Waals surface area contributed by atoms with Crippen LogP contribution in [0.1, 0.15) is 40.0 Å². The van der Waals surface area contributed by atoms with Gasteiger partial charge in [0, 0.05) is 6.42 Å². The van der Waals surface area contributed by atoms with Crippen molar-refractivity contribution in [2.45, 2.75) is 40.0 Å². The van der Waals surface area contributed by atoms with Crippen molar-refractivity contribution in [2.24, 2.45) is 0 Å². The summed E-state index contributed by atoms with van der Waals surface area (Å²) in [6, 6.07) is 0. The third-order valence-corrected chi connectivity index (χ3v) is 1.68. The third kappa shape index (κ3) is 4.21. The highest BCUT2D eigenvalue weighted by molar-refractivity contribution is 6.17. The first-order valence-electron chi connectivity index (χ1n) is 5.07. The average molecular weight is 198 g/mol. The van der Waals surface area contributed by atoms with Gasteiger partial charge >= 0.3 is 5.97 Å². The van der Waals surface area contributed by atoms with Crippen LogP contribution in [0, 0.1) is 0 Å². The maximum atomic E-state index is 11.5. The van der Waals surface area contributed by atoms with Gasteiger partial charge in [0.25, 0.3) is 0 Å². The molecule has 0 N–H and O–H groups in total. The van der Waals surface area contributed by atoms with Crippen LogP contribution in [0.15, 0.2) is 11.6 Å². The average Bonchev–Trinajstić information content (AvgIpc) is 2.14. The molecular weight excluding hydrogens is 180 g/mol. The van der Waals surface area contributed by atoms with Gasteiger partial charge in [-0.25, -0.2) is 4.79 Å². The first-order valence-corrected chi connectivity index (χ1v) is 5.07. The van der Waals surface area contributed by atoms with E-state index in [1.807, 2.05) is 13.8 Å². The van der Waals surface area contributed by atoms with Crippen molar-refractivity contribution >= 4 is 11.8 Å². The van der Waals surface area contributed by atoms with Crippen LogP contribution in [-0.2, 0) is 14.3 Å². The zero-order valence-electron chi connectivity index (χ0n) is 9.13. The van der Waals surface area contributed by atoms with E-state index >= 15 is 0 Å². The van der Waals surface area contributed by atoms with Crippen LogP contribution in [0.3, 0.4) is 0 Å². The normalized spacial score (nSPS) is 11.2. The molecule has 0 aromatic heterocycles. The number of ether oxygens (including phenoxy) is 1. The Bertz CT molecular complexity index is 209. The summed E-state index contributed by atoms with van der Waals surface area (Å²) in [4.78, 5) is 22.8. The van der Waals surface area contributed by atoms with Gasteiger partial charge in [-0.15, -0.1) is 0 Å². The summed E-state index contributed by atoms with van der Waals surface area (Å²) >= 11 is 0. The summed E-state index contributed by atoms with van der Waals surface area (Å²) < 4.78 is 4.80. The molecule has 0 fully saturated rings. The highest BCUT2D eigenvalue weighted by Gasteiger charge is 2.17. The zero-order chi connectivity index (χ0) is 11.0. The molecule has 0 aromatic rings. The van der Waals surface area contributed by atoms with Gasteiger partial charge in [-0.3, -0.25) is 4.79 Å². The number of ketones is 1. The van der Waals surface area contributed by atoms with E-state index in [0.717, 1.165) is 6.42 Å². The number of carbonyl (C=O) groups excluding carboxylic acids is 2. The summed E-state index contributed by atoms with van der Waals surface area (Å²) in [5.74, 6) is -0.611. The quantitative estimate of drug-likeness (QED) is 0.284. The number of hydrogen-bond acceptors (Lipinski definition) is 3. The Balaban J connectivity index is 4.51. The van der Waals surface area contributed by atoms with E-state index in [9.17, 15) is 9.59 Å². The topological polar surface area (TPSA) is 43.4 Å². The molecule has 0 amide bonds. The summed E-state index contributed by atoms with van der Waals surface area (Å²) in [5, 5.41) is 0. The van der Waals surface area contributed by atoms with Gasteiger partial charge in [-0.05, 0) is 19.8 Å². The summed E-state index contributed by atoms with van der Waals surface area (Å²) in [6.45, 7) is 5.83. The number of rotatable bonds is 6. The van der Waals surface area contributed by atoms with Gasteiger partial charge in [0.15, 0.2) is 5.78 Å². The highest BCUT2D eigenvalue weighted by atomic mass is 16.5. The molecule has 0 saturated heterocycles. The van der Waals surface area contributed by atoms with Crippen LogP contribution >= 0.6 is 0 Å². The number of Topliss-reactive ketones (excluding diaryl/α,β-unsaturated/α-hetero) is 1. The second-order valence-corrected chi connectivity index (χ2v) is 2.92. The van der Waals surface area contributed by atoms with Crippen molar-refractivity contribution in [3.63, 3.8) is 0 Å². The molecule has 14 heavy (non-hydrogen) atoms. The minimum Gasteiger partial charge on any atom is -0.462 e. The number of hydrogen-bond donors (Lipinski definition) is 0. The van der Waals surface area contributed by atoms with Crippen molar-refractivity contribution in [2.75, 3.05) is 6.61 Å². The molecule has 3 heteroatoms. The fourth-order valence-corrected chi connectivity index (χ4v) is 1.09. The van der Waals surface area contributed by atoms with E-state index < -0.39 is 5.97 Å². The molecule has 0 heterocycles. The zero-order valence-corrected chi connectivity index (χ0v) is 9.13. The largest absolute Gasteiger partial charge is 0.462 e. The molecule has 0 bridgehead atoms. The lowest BCUT2D eigenvalue weighted by molar-refractivity contribution is -0.140. The van der Waals surface area contributed by atoms with Crippen LogP contribution in [0.25, 0.3) is 0 Å². The van der Waals surface area contributed by atoms with Crippen molar-refractivity contribution in [3.8, 4) is 0 Å². The molecule has 3 nitrogen and oxygen atoms in total. The van der Waals surface area contributed by atoms with Gasteiger partial charge in [0.05, 0.1) is 12.2 Å². The first kappa shape index (κ1) is 12.9. The predicted molar refractivity (Wildman–Crippen MR) is 54.9 cm³/mol. The van der Waals surface area contributed by atoms with Gasteiger partial charge in [0.1, 0.15) is 0 Å². The van der Waals surface area contributed by atoms with Crippen LogP contribution in [0.5, 0.6) is 0 Å². The number of allylic oxidation sites excluding steroid dienone is 1. The van der Waals surface area contributed by atoms with Crippen LogP contribution < -0.4 is 0 Å². The monoisotopic (exact) mass is 198 g/mol. The maximum Gasteiger partial charge on any atom is 0.341 e. The minimum absolute atomic E-state index is 0.118. The minimum atomic E-state index is -0.493. The Hall–Kier alpha value is -1.12. The Morgan fingerprint density at radius 1 is 1.21 bits per heavy atom. The first-order chi connectivity index (χ1) is 6.67. The van der Waals surface area contributed by atoms with E-state index in [4.69, 9.17) is 4.74 Å². The third-order valence-electron chi connectivity index (χ3n) is 1.68. The van der Waals surface area contributed by atoms with E-state index in [-0.39, 0.29) is 11.4 Å². The molecule has 0 atom stereocenters. The lowest BCUT2D eigenvalue weighted by Gasteiger charge is -2.04. The standard InChI is InChI=1S/C11H18O3/c1-4-7-9(10(12)8-5-2)11(13)14-6-3/h7H,4-6,8H2,1-3H3/b9-7+. The maximum absolute atomic E-state index is 11.5. The second-order valence-electron chi connectivity index (χ2n) is 2.92. The predicted octanol–water partition coefficient (Wildman–Crippen LogP) is 2.26. The number of carbonyl (C=O) groups is 2. The molecule has 0 saturated carbocycles. The summed E-state index contributed by atoms with van der Waals surface area (Å²) in [6.07, 6.45) is 3.46. The Labute approximate surface area is 85.1 Å². The molecule has 80 valence electrons. The molecule has 0 unspecified atom stereocenters. The molecule has 0 rings (SSSR count). The SMILES string of the molecule is CC/C=C(\C(=O)CCC)C(=O)OCC. The van der Waals surface area contributed by atoms with Crippen molar-refractivity contribution in [1.82, 2.24) is 0 Å². The Morgan fingerprint density at radius 3 is 2.29 bits per heavy atom. The van der Waals surface area contributed by atoms with E-state index in [1.165, 1.54) is 0 Å². The van der Waals surface area contributed by atoms with E-state index in [0.29, 0.717) is 19.4 Å². The molecule has 0 aliphatic carbocycles. The van der Waals surface area contributed by atoms with Crippen molar-refractivity contribution in [3.05, 3.63) is 11.6 Å². The van der Waals surface area contributed by atoms with Gasteiger partial charge < -0.3 is 4.74 Å². The molecular formula is C11H18O3. The summed E-state index contributed by atoms with van der Waals surface area (Å²) in [5.41, 5.74) is 0.205. The van der Waals surface area contributed by atoms with E-state index in [2.05, 4.69) is 0 Å². The van der Waals surface area contributed by atoms with Crippen LogP contribution in [0.2, 0.25) is 0 Å². The molecule has 0 aliphatic rings.